The number of likely N-dealkylation sites (N-methyl/N-ethyl adjacent to an activating group) is 1. The lowest BCUT2D eigenvalue weighted by Crippen LogP contribution is -2.44. The van der Waals surface area contributed by atoms with E-state index in [1.165, 1.54) is 18.0 Å². The molecule has 11 heteroatoms. The Bertz CT molecular complexity index is 683. The molecule has 4 amide bonds. The third-order valence-electron chi connectivity index (χ3n) is 2.97. The molecular formula is C15H18ClF3N4O3. The SMILES string of the molecule is CCNC(=O)NC(=O)CN(C)CC(=O)Nc1ccc(Cl)c(C(F)(F)F)c1. The van der Waals surface area contributed by atoms with Crippen molar-refractivity contribution in [3.8, 4) is 0 Å². The summed E-state index contributed by atoms with van der Waals surface area (Å²) in [6, 6.07) is 2.33. The second-order valence-corrected chi connectivity index (χ2v) is 5.73. The predicted molar refractivity (Wildman–Crippen MR) is 89.8 cm³/mol. The van der Waals surface area contributed by atoms with Crippen LogP contribution >= 0.6 is 11.6 Å². The number of rotatable bonds is 6. The molecule has 3 N–H and O–H groups in total. The van der Waals surface area contributed by atoms with E-state index >= 15 is 0 Å². The van der Waals surface area contributed by atoms with Crippen molar-refractivity contribution in [1.29, 1.82) is 0 Å². The Morgan fingerprint density at radius 2 is 1.77 bits per heavy atom. The number of urea groups is 1. The van der Waals surface area contributed by atoms with Crippen LogP contribution in [0.2, 0.25) is 5.02 Å². The minimum Gasteiger partial charge on any atom is -0.338 e. The normalized spacial score (nSPS) is 11.2. The van der Waals surface area contributed by atoms with Gasteiger partial charge in [0.1, 0.15) is 0 Å². The molecule has 7 nitrogen and oxygen atoms in total. The van der Waals surface area contributed by atoms with Crippen molar-refractivity contribution >= 4 is 35.1 Å². The molecule has 0 fully saturated rings. The highest BCUT2D eigenvalue weighted by atomic mass is 35.5. The third-order valence-corrected chi connectivity index (χ3v) is 3.30. The number of anilines is 1. The highest BCUT2D eigenvalue weighted by Crippen LogP contribution is 2.36. The first-order valence-electron chi connectivity index (χ1n) is 7.45. The van der Waals surface area contributed by atoms with Gasteiger partial charge in [-0.05, 0) is 32.2 Å². The van der Waals surface area contributed by atoms with Gasteiger partial charge < -0.3 is 10.6 Å². The van der Waals surface area contributed by atoms with Crippen molar-refractivity contribution in [3.63, 3.8) is 0 Å². The lowest BCUT2D eigenvalue weighted by Gasteiger charge is -2.16. The molecule has 0 radical (unpaired) electrons. The van der Waals surface area contributed by atoms with E-state index in [-0.39, 0.29) is 18.8 Å². The van der Waals surface area contributed by atoms with Gasteiger partial charge in [0.05, 0.1) is 23.7 Å². The minimum atomic E-state index is -4.65. The van der Waals surface area contributed by atoms with Crippen molar-refractivity contribution in [3.05, 3.63) is 28.8 Å². The standard InChI is InChI=1S/C15H18ClF3N4O3/c1-3-20-14(26)22-13(25)8-23(2)7-12(24)21-9-4-5-11(16)10(6-9)15(17,18)19/h4-6H,3,7-8H2,1-2H3,(H,21,24)(H2,20,22,25,26). The Balaban J connectivity index is 2.58. The molecule has 0 spiro atoms. The van der Waals surface area contributed by atoms with Gasteiger partial charge in [-0.1, -0.05) is 11.6 Å². The average molecular weight is 395 g/mol. The molecule has 1 aromatic carbocycles. The lowest BCUT2D eigenvalue weighted by atomic mass is 10.2. The number of alkyl halides is 3. The maximum atomic E-state index is 12.8. The highest BCUT2D eigenvalue weighted by molar-refractivity contribution is 6.31. The maximum Gasteiger partial charge on any atom is 0.417 e. The Morgan fingerprint density at radius 3 is 2.35 bits per heavy atom. The molecule has 0 unspecified atom stereocenters. The van der Waals surface area contributed by atoms with E-state index in [0.29, 0.717) is 6.54 Å². The van der Waals surface area contributed by atoms with Gasteiger partial charge in [-0.2, -0.15) is 13.2 Å². The van der Waals surface area contributed by atoms with E-state index in [0.717, 1.165) is 12.1 Å². The van der Waals surface area contributed by atoms with E-state index in [4.69, 9.17) is 11.6 Å². The second-order valence-electron chi connectivity index (χ2n) is 5.32. The largest absolute Gasteiger partial charge is 0.417 e. The Hall–Kier alpha value is -2.33. The molecule has 0 heterocycles. The van der Waals surface area contributed by atoms with E-state index in [1.54, 1.807) is 6.92 Å². The fourth-order valence-corrected chi connectivity index (χ4v) is 2.16. The molecule has 0 aromatic heterocycles. The third kappa shape index (κ3) is 7.28. The van der Waals surface area contributed by atoms with E-state index in [2.05, 4.69) is 16.0 Å². The molecule has 26 heavy (non-hydrogen) atoms. The van der Waals surface area contributed by atoms with Crippen LogP contribution < -0.4 is 16.0 Å². The summed E-state index contributed by atoms with van der Waals surface area (Å²) in [5.41, 5.74) is -1.14. The van der Waals surface area contributed by atoms with E-state index in [1.807, 2.05) is 0 Å². The van der Waals surface area contributed by atoms with Crippen LogP contribution in [0.5, 0.6) is 0 Å². The van der Waals surface area contributed by atoms with Crippen LogP contribution in [-0.4, -0.2) is 49.4 Å². The Kier molecular flexibility index (Phi) is 7.84. The minimum absolute atomic E-state index is 0.0769. The summed E-state index contributed by atoms with van der Waals surface area (Å²) in [5.74, 6) is -1.26. The average Bonchev–Trinajstić information content (AvgIpc) is 2.47. The quantitative estimate of drug-likeness (QED) is 0.689. The summed E-state index contributed by atoms with van der Waals surface area (Å²) in [4.78, 5) is 36.0. The van der Waals surface area contributed by atoms with Crippen molar-refractivity contribution in [1.82, 2.24) is 15.5 Å². The molecular weight excluding hydrogens is 377 g/mol. The van der Waals surface area contributed by atoms with Crippen molar-refractivity contribution < 1.29 is 27.6 Å². The van der Waals surface area contributed by atoms with Crippen molar-refractivity contribution in [2.24, 2.45) is 0 Å². The van der Waals surface area contributed by atoms with Gasteiger partial charge in [-0.25, -0.2) is 4.79 Å². The molecule has 1 rings (SSSR count). The molecule has 0 saturated heterocycles. The summed E-state index contributed by atoms with van der Waals surface area (Å²) < 4.78 is 38.4. The maximum absolute atomic E-state index is 12.8. The molecule has 0 atom stereocenters. The number of nitrogens with one attached hydrogen (secondary N) is 3. The van der Waals surface area contributed by atoms with Gasteiger partial charge in [-0.15, -0.1) is 0 Å². The topological polar surface area (TPSA) is 90.5 Å². The molecule has 144 valence electrons. The van der Waals surface area contributed by atoms with Crippen LogP contribution in [-0.2, 0) is 15.8 Å². The van der Waals surface area contributed by atoms with Crippen LogP contribution in [0.15, 0.2) is 18.2 Å². The van der Waals surface area contributed by atoms with E-state index in [9.17, 15) is 27.6 Å². The molecule has 0 aliphatic rings. The first kappa shape index (κ1) is 21.7. The fraction of sp³-hybridized carbons (Fsp3) is 0.400. The number of carbonyl (C=O) groups excluding carboxylic acids is 3. The first-order valence-corrected chi connectivity index (χ1v) is 7.83. The van der Waals surface area contributed by atoms with Gasteiger partial charge >= 0.3 is 12.2 Å². The Morgan fingerprint density at radius 1 is 1.15 bits per heavy atom. The van der Waals surface area contributed by atoms with Crippen LogP contribution in [0.4, 0.5) is 23.7 Å². The van der Waals surface area contributed by atoms with Crippen LogP contribution in [0.1, 0.15) is 12.5 Å². The molecule has 0 bridgehead atoms. The number of hydrogen-bond donors (Lipinski definition) is 3. The predicted octanol–water partition coefficient (Wildman–Crippen LogP) is 2.07. The molecule has 0 aliphatic heterocycles. The second kappa shape index (κ2) is 9.39. The highest BCUT2D eigenvalue weighted by Gasteiger charge is 2.33. The van der Waals surface area contributed by atoms with Gasteiger partial charge in [0.2, 0.25) is 11.8 Å². The summed E-state index contributed by atoms with van der Waals surface area (Å²) in [7, 11) is 1.44. The van der Waals surface area contributed by atoms with Crippen LogP contribution in [0, 0.1) is 0 Å². The van der Waals surface area contributed by atoms with Crippen molar-refractivity contribution in [2.75, 3.05) is 32.0 Å². The van der Waals surface area contributed by atoms with E-state index < -0.39 is 34.6 Å². The number of nitrogens with zero attached hydrogens (tertiary/aromatic N) is 1. The number of halogens is 4. The summed E-state index contributed by atoms with van der Waals surface area (Å²) in [6.07, 6.45) is -4.65. The zero-order valence-electron chi connectivity index (χ0n) is 14.0. The summed E-state index contributed by atoms with van der Waals surface area (Å²) in [5, 5.41) is 6.26. The molecule has 0 aliphatic carbocycles. The van der Waals surface area contributed by atoms with Crippen LogP contribution in [0.3, 0.4) is 0 Å². The Labute approximate surface area is 152 Å². The zero-order valence-corrected chi connectivity index (χ0v) is 14.8. The van der Waals surface area contributed by atoms with Gasteiger partial charge in [0.15, 0.2) is 0 Å². The molecule has 0 saturated carbocycles. The number of amides is 4. The fourth-order valence-electron chi connectivity index (χ4n) is 1.94. The van der Waals surface area contributed by atoms with Crippen molar-refractivity contribution in [2.45, 2.75) is 13.1 Å². The first-order chi connectivity index (χ1) is 12.0. The number of carbonyl (C=O) groups is 3. The number of hydrogen-bond acceptors (Lipinski definition) is 4. The molecule has 1 aromatic rings. The monoisotopic (exact) mass is 394 g/mol. The van der Waals surface area contributed by atoms with Gasteiger partial charge in [0.25, 0.3) is 0 Å². The van der Waals surface area contributed by atoms with Crippen LogP contribution in [0.25, 0.3) is 0 Å². The lowest BCUT2D eigenvalue weighted by molar-refractivity contribution is -0.137. The number of imide groups is 1. The summed E-state index contributed by atoms with van der Waals surface area (Å²) >= 11 is 5.50. The smallest absolute Gasteiger partial charge is 0.338 e. The zero-order chi connectivity index (χ0) is 19.9. The van der Waals surface area contributed by atoms with Gasteiger partial charge in [-0.3, -0.25) is 19.8 Å². The van der Waals surface area contributed by atoms with Gasteiger partial charge in [0, 0.05) is 12.2 Å². The number of benzene rings is 1. The summed E-state index contributed by atoms with van der Waals surface area (Å²) in [6.45, 7) is 1.51.